The molecule has 2 aliphatic heterocycles. The van der Waals surface area contributed by atoms with Crippen molar-refractivity contribution in [1.29, 1.82) is 0 Å². The van der Waals surface area contributed by atoms with Gasteiger partial charge in [-0.25, -0.2) is 12.7 Å². The first-order valence-electron chi connectivity index (χ1n) is 8.15. The Labute approximate surface area is 122 Å². The lowest BCUT2D eigenvalue weighted by molar-refractivity contribution is 0.0622. The van der Waals surface area contributed by atoms with Crippen molar-refractivity contribution in [1.82, 2.24) is 4.31 Å². The molecule has 0 aromatic rings. The average Bonchev–Trinajstić information content (AvgIpc) is 2.85. The summed E-state index contributed by atoms with van der Waals surface area (Å²) in [6.45, 7) is 2.94. The molecule has 3 rings (SSSR count). The highest BCUT2D eigenvalue weighted by Gasteiger charge is 2.43. The van der Waals surface area contributed by atoms with E-state index in [0.29, 0.717) is 17.8 Å². The molecule has 1 saturated carbocycles. The highest BCUT2D eigenvalue weighted by Crippen LogP contribution is 2.44. The Morgan fingerprint density at radius 1 is 1.10 bits per heavy atom. The number of ether oxygens (including phenoxy) is 1. The molecule has 1 atom stereocenters. The molecule has 0 aromatic carbocycles. The van der Waals surface area contributed by atoms with E-state index in [1.165, 1.54) is 32.1 Å². The number of rotatable bonds is 3. The first kappa shape index (κ1) is 14.8. The minimum atomic E-state index is -3.08. The third-order valence-electron chi connectivity index (χ3n) is 5.41. The van der Waals surface area contributed by atoms with Gasteiger partial charge in [-0.1, -0.05) is 19.3 Å². The topological polar surface area (TPSA) is 46.6 Å². The summed E-state index contributed by atoms with van der Waals surface area (Å²) in [5.74, 6) is 0.500. The van der Waals surface area contributed by atoms with Crippen LogP contribution in [-0.4, -0.2) is 44.8 Å². The highest BCUT2D eigenvalue weighted by atomic mass is 32.2. The Morgan fingerprint density at radius 3 is 2.60 bits per heavy atom. The summed E-state index contributed by atoms with van der Waals surface area (Å²) in [6.07, 6.45) is 9.43. The van der Waals surface area contributed by atoms with Gasteiger partial charge in [0.2, 0.25) is 10.0 Å². The first-order chi connectivity index (χ1) is 9.60. The number of sulfonamides is 1. The summed E-state index contributed by atoms with van der Waals surface area (Å²) in [7, 11) is -3.08. The Kier molecular flexibility index (Phi) is 4.39. The van der Waals surface area contributed by atoms with Gasteiger partial charge in [0.1, 0.15) is 0 Å². The van der Waals surface area contributed by atoms with Crippen molar-refractivity contribution in [2.75, 3.05) is 32.1 Å². The number of nitrogens with zero attached hydrogens (tertiary/aromatic N) is 1. The van der Waals surface area contributed by atoms with Crippen LogP contribution in [0.1, 0.15) is 51.4 Å². The van der Waals surface area contributed by atoms with Gasteiger partial charge in [-0.15, -0.1) is 0 Å². The molecule has 3 fully saturated rings. The van der Waals surface area contributed by atoms with Crippen LogP contribution in [0.5, 0.6) is 0 Å². The minimum absolute atomic E-state index is 0.205. The van der Waals surface area contributed by atoms with Gasteiger partial charge >= 0.3 is 0 Å². The fourth-order valence-corrected chi connectivity index (χ4v) is 6.09. The van der Waals surface area contributed by atoms with Crippen molar-refractivity contribution >= 4 is 10.0 Å². The summed E-state index contributed by atoms with van der Waals surface area (Å²) in [6, 6.07) is 0. The van der Waals surface area contributed by atoms with Crippen LogP contribution < -0.4 is 0 Å². The molecule has 5 heteroatoms. The quantitative estimate of drug-likeness (QED) is 0.804. The number of hydrogen-bond donors (Lipinski definition) is 0. The van der Waals surface area contributed by atoms with Crippen LogP contribution in [0.15, 0.2) is 0 Å². The zero-order valence-electron chi connectivity index (χ0n) is 12.3. The highest BCUT2D eigenvalue weighted by molar-refractivity contribution is 7.89. The van der Waals surface area contributed by atoms with Crippen LogP contribution in [0.25, 0.3) is 0 Å². The maximum absolute atomic E-state index is 12.6. The van der Waals surface area contributed by atoms with E-state index in [9.17, 15) is 8.42 Å². The summed E-state index contributed by atoms with van der Waals surface area (Å²) in [5.41, 5.74) is 0.314. The SMILES string of the molecule is O=S(=O)(C[C@@H]1CCCOC1)N1CCC2(CCCCC2)C1. The molecule has 0 bridgehead atoms. The molecule has 116 valence electrons. The van der Waals surface area contributed by atoms with Gasteiger partial charge in [0.15, 0.2) is 0 Å². The minimum Gasteiger partial charge on any atom is -0.381 e. The normalized spacial score (nSPS) is 31.7. The van der Waals surface area contributed by atoms with E-state index in [4.69, 9.17) is 4.74 Å². The second-order valence-corrected chi connectivity index (χ2v) is 9.02. The summed E-state index contributed by atoms with van der Waals surface area (Å²) >= 11 is 0. The lowest BCUT2D eigenvalue weighted by atomic mass is 9.74. The predicted molar refractivity (Wildman–Crippen MR) is 79.0 cm³/mol. The van der Waals surface area contributed by atoms with Crippen molar-refractivity contribution in [2.45, 2.75) is 51.4 Å². The van der Waals surface area contributed by atoms with Crippen molar-refractivity contribution < 1.29 is 13.2 Å². The molecular formula is C15H27NO3S. The average molecular weight is 301 g/mol. The van der Waals surface area contributed by atoms with Gasteiger partial charge in [-0.2, -0.15) is 0 Å². The molecule has 3 aliphatic rings. The van der Waals surface area contributed by atoms with Gasteiger partial charge < -0.3 is 4.74 Å². The predicted octanol–water partition coefficient (Wildman–Crippen LogP) is 2.40. The van der Waals surface area contributed by atoms with Crippen molar-refractivity contribution in [3.05, 3.63) is 0 Å². The molecule has 0 radical (unpaired) electrons. The third-order valence-corrected chi connectivity index (χ3v) is 7.40. The molecule has 0 unspecified atom stereocenters. The monoisotopic (exact) mass is 301 g/mol. The van der Waals surface area contributed by atoms with Crippen LogP contribution in [0.3, 0.4) is 0 Å². The van der Waals surface area contributed by atoms with Gasteiger partial charge in [0.05, 0.1) is 12.4 Å². The maximum Gasteiger partial charge on any atom is 0.214 e. The molecule has 0 amide bonds. The van der Waals surface area contributed by atoms with Crippen LogP contribution in [-0.2, 0) is 14.8 Å². The second kappa shape index (κ2) is 5.93. The van der Waals surface area contributed by atoms with Crippen molar-refractivity contribution in [3.63, 3.8) is 0 Å². The molecular weight excluding hydrogens is 274 g/mol. The summed E-state index contributed by atoms with van der Waals surface area (Å²) in [5, 5.41) is 0. The van der Waals surface area contributed by atoms with E-state index in [1.807, 2.05) is 0 Å². The van der Waals surface area contributed by atoms with Crippen LogP contribution >= 0.6 is 0 Å². The lowest BCUT2D eigenvalue weighted by Crippen LogP contribution is -2.37. The molecule has 1 aliphatic carbocycles. The fraction of sp³-hybridized carbons (Fsp3) is 1.00. The van der Waals surface area contributed by atoms with E-state index in [2.05, 4.69) is 0 Å². The maximum atomic E-state index is 12.6. The summed E-state index contributed by atoms with van der Waals surface area (Å²) in [4.78, 5) is 0. The molecule has 2 saturated heterocycles. The van der Waals surface area contributed by atoms with Gasteiger partial charge in [0.25, 0.3) is 0 Å². The van der Waals surface area contributed by atoms with Crippen molar-refractivity contribution in [3.8, 4) is 0 Å². The molecule has 2 heterocycles. The molecule has 20 heavy (non-hydrogen) atoms. The van der Waals surface area contributed by atoms with E-state index in [-0.39, 0.29) is 5.92 Å². The Balaban J connectivity index is 1.60. The Hall–Kier alpha value is -0.130. The number of hydrogen-bond acceptors (Lipinski definition) is 3. The molecule has 0 aromatic heterocycles. The van der Waals surface area contributed by atoms with Crippen LogP contribution in [0, 0.1) is 11.3 Å². The van der Waals surface area contributed by atoms with Gasteiger partial charge in [-0.3, -0.25) is 0 Å². The molecule has 4 nitrogen and oxygen atoms in total. The fourth-order valence-electron chi connectivity index (χ4n) is 4.18. The second-order valence-electron chi connectivity index (χ2n) is 7.01. The third kappa shape index (κ3) is 3.20. The van der Waals surface area contributed by atoms with Gasteiger partial charge in [0, 0.05) is 19.7 Å². The largest absolute Gasteiger partial charge is 0.381 e. The standard InChI is InChI=1S/C15H27NO3S/c17-20(18,12-14-5-4-10-19-11-14)16-9-8-15(13-16)6-2-1-3-7-15/h14H,1-13H2/t14-/m1/s1. The molecule has 1 spiro atoms. The zero-order valence-corrected chi connectivity index (χ0v) is 13.2. The Bertz CT molecular complexity index is 422. The van der Waals surface area contributed by atoms with Crippen LogP contribution in [0.4, 0.5) is 0 Å². The summed E-state index contributed by atoms with van der Waals surface area (Å²) < 4.78 is 32.4. The van der Waals surface area contributed by atoms with E-state index < -0.39 is 10.0 Å². The lowest BCUT2D eigenvalue weighted by Gasteiger charge is -2.33. The van der Waals surface area contributed by atoms with Gasteiger partial charge in [-0.05, 0) is 43.4 Å². The van der Waals surface area contributed by atoms with E-state index in [0.717, 1.165) is 39.0 Å². The van der Waals surface area contributed by atoms with Crippen molar-refractivity contribution in [2.24, 2.45) is 11.3 Å². The molecule has 0 N–H and O–H groups in total. The van der Waals surface area contributed by atoms with E-state index >= 15 is 0 Å². The zero-order chi connectivity index (χ0) is 14.1. The van der Waals surface area contributed by atoms with E-state index in [1.54, 1.807) is 4.31 Å². The first-order valence-corrected chi connectivity index (χ1v) is 9.76. The Morgan fingerprint density at radius 2 is 1.90 bits per heavy atom. The van der Waals surface area contributed by atoms with Crippen LogP contribution in [0.2, 0.25) is 0 Å². The smallest absolute Gasteiger partial charge is 0.214 e.